The molecule has 0 heterocycles. The lowest BCUT2D eigenvalue weighted by Gasteiger charge is -2.14. The number of carboxylic acids is 1. The molecule has 2 N–H and O–H groups in total. The molecule has 4 aromatic carbocycles. The van der Waals surface area contributed by atoms with Gasteiger partial charge in [-0.1, -0.05) is 23.7 Å². The first-order valence-corrected chi connectivity index (χ1v) is 13.8. The molecule has 4 rings (SSSR count). The van der Waals surface area contributed by atoms with E-state index < -0.39 is 21.6 Å². The lowest BCUT2D eigenvalue weighted by atomic mass is 10.1. The second-order valence-corrected chi connectivity index (χ2v) is 11.2. The number of sulfone groups is 1. The number of carbonyl (C=O) groups is 2. The van der Waals surface area contributed by atoms with Crippen molar-refractivity contribution in [3.8, 4) is 11.5 Å². The third-order valence-electron chi connectivity index (χ3n) is 5.74. The van der Waals surface area contributed by atoms with Gasteiger partial charge in [-0.15, -0.1) is 0 Å². The smallest absolute Gasteiger partial charge is 0.307 e. The van der Waals surface area contributed by atoms with Gasteiger partial charge in [-0.2, -0.15) is 0 Å². The maximum Gasteiger partial charge on any atom is 0.307 e. The van der Waals surface area contributed by atoms with Gasteiger partial charge in [-0.25, -0.2) is 12.8 Å². The van der Waals surface area contributed by atoms with Crippen LogP contribution in [0.4, 0.5) is 10.1 Å². The van der Waals surface area contributed by atoms with Crippen molar-refractivity contribution in [3.05, 3.63) is 119 Å². The summed E-state index contributed by atoms with van der Waals surface area (Å²) in [4.78, 5) is 23.6. The summed E-state index contributed by atoms with van der Waals surface area (Å²) in [5.41, 5.74) is 1.97. The van der Waals surface area contributed by atoms with E-state index in [0.717, 1.165) is 12.1 Å². The van der Waals surface area contributed by atoms with E-state index in [1.807, 2.05) is 0 Å². The van der Waals surface area contributed by atoms with Crippen LogP contribution in [-0.2, 0) is 27.5 Å². The van der Waals surface area contributed by atoms with Crippen LogP contribution in [0.2, 0.25) is 5.02 Å². The largest absolute Gasteiger partial charge is 0.481 e. The van der Waals surface area contributed by atoms with Crippen LogP contribution in [0.15, 0.2) is 95.9 Å². The van der Waals surface area contributed by atoms with Crippen molar-refractivity contribution in [3.63, 3.8) is 0 Å². The minimum absolute atomic E-state index is 0.00991. The number of aliphatic carboxylic acids is 1. The fourth-order valence-corrected chi connectivity index (χ4v) is 5.16. The molecule has 0 unspecified atom stereocenters. The molecule has 0 spiro atoms. The number of aryl methyl sites for hydroxylation is 1. The number of carbonyl (C=O) groups excluding carboxylic acids is 1. The lowest BCUT2D eigenvalue weighted by molar-refractivity contribution is -0.136. The molecule has 7 nitrogen and oxygen atoms in total. The zero-order valence-electron chi connectivity index (χ0n) is 20.4. The van der Waals surface area contributed by atoms with E-state index in [2.05, 4.69) is 5.32 Å². The summed E-state index contributed by atoms with van der Waals surface area (Å²) in [7, 11) is -3.73. The molecule has 0 saturated carbocycles. The Hall–Kier alpha value is -4.21. The van der Waals surface area contributed by atoms with Crippen molar-refractivity contribution >= 4 is 39.0 Å². The number of halogens is 2. The van der Waals surface area contributed by atoms with Crippen molar-refractivity contribution in [1.29, 1.82) is 0 Å². The Morgan fingerprint density at radius 1 is 0.897 bits per heavy atom. The van der Waals surface area contributed by atoms with E-state index >= 15 is 0 Å². The summed E-state index contributed by atoms with van der Waals surface area (Å²) in [6.45, 7) is 0. The summed E-state index contributed by atoms with van der Waals surface area (Å²) in [5.74, 6) is -1.38. The highest BCUT2D eigenvalue weighted by molar-refractivity contribution is 7.91. The summed E-state index contributed by atoms with van der Waals surface area (Å²) in [5, 5.41) is 12.5. The fraction of sp³-hybridized carbons (Fsp3) is 0.103. The number of hydrogen-bond acceptors (Lipinski definition) is 5. The molecule has 0 radical (unpaired) electrons. The first-order chi connectivity index (χ1) is 18.6. The van der Waals surface area contributed by atoms with Gasteiger partial charge in [0.2, 0.25) is 0 Å². The van der Waals surface area contributed by atoms with Gasteiger partial charge in [-0.3, -0.25) is 9.59 Å². The van der Waals surface area contributed by atoms with Gasteiger partial charge in [0.25, 0.3) is 5.91 Å². The fourth-order valence-electron chi connectivity index (χ4n) is 3.75. The SMILES string of the molecule is O=C(O)Cc1ccc(Oc2ccc(NC(=O)c3ccc(Cl)cc3)cc2)c(CCS(=O)(=O)c2ccc(F)cc2)c1. The third-order valence-corrected chi connectivity index (χ3v) is 7.72. The van der Waals surface area contributed by atoms with Crippen molar-refractivity contribution in [2.75, 3.05) is 11.1 Å². The lowest BCUT2D eigenvalue weighted by Crippen LogP contribution is -2.11. The number of rotatable bonds is 10. The first-order valence-electron chi connectivity index (χ1n) is 11.8. The van der Waals surface area contributed by atoms with Gasteiger partial charge in [0.1, 0.15) is 17.3 Å². The molecule has 0 aliphatic carbocycles. The number of benzene rings is 4. The monoisotopic (exact) mass is 567 g/mol. The number of amides is 1. The van der Waals surface area contributed by atoms with Gasteiger partial charge < -0.3 is 15.2 Å². The van der Waals surface area contributed by atoms with Gasteiger partial charge in [0, 0.05) is 16.3 Å². The van der Waals surface area contributed by atoms with E-state index in [0.29, 0.717) is 38.9 Å². The molecular formula is C29H23ClFNO6S. The number of ether oxygens (including phenoxy) is 1. The second kappa shape index (κ2) is 12.1. The Labute approximate surface area is 229 Å². The number of hydrogen-bond donors (Lipinski definition) is 2. The minimum Gasteiger partial charge on any atom is -0.481 e. The number of nitrogens with one attached hydrogen (secondary N) is 1. The molecule has 1 amide bonds. The van der Waals surface area contributed by atoms with Crippen molar-refractivity contribution in [2.45, 2.75) is 17.7 Å². The van der Waals surface area contributed by atoms with Crippen LogP contribution in [0.25, 0.3) is 0 Å². The molecule has 10 heteroatoms. The van der Waals surface area contributed by atoms with Crippen LogP contribution >= 0.6 is 11.6 Å². The zero-order chi connectivity index (χ0) is 28.0. The van der Waals surface area contributed by atoms with Gasteiger partial charge in [-0.05, 0) is 96.4 Å². The van der Waals surface area contributed by atoms with E-state index in [4.69, 9.17) is 16.3 Å². The van der Waals surface area contributed by atoms with Crippen LogP contribution in [0.5, 0.6) is 11.5 Å². The highest BCUT2D eigenvalue weighted by Gasteiger charge is 2.17. The molecule has 0 atom stereocenters. The maximum absolute atomic E-state index is 13.2. The average Bonchev–Trinajstić information content (AvgIpc) is 2.90. The summed E-state index contributed by atoms with van der Waals surface area (Å²) >= 11 is 5.86. The quantitative estimate of drug-likeness (QED) is 0.222. The zero-order valence-corrected chi connectivity index (χ0v) is 22.0. The van der Waals surface area contributed by atoms with Crippen LogP contribution in [0, 0.1) is 5.82 Å². The van der Waals surface area contributed by atoms with Crippen LogP contribution < -0.4 is 10.1 Å². The minimum atomic E-state index is -3.73. The van der Waals surface area contributed by atoms with Crippen LogP contribution in [0.1, 0.15) is 21.5 Å². The average molecular weight is 568 g/mol. The standard InChI is InChI=1S/C29H23ClFNO6S/c30-22-4-2-20(3-5-22)29(35)32-24-8-10-25(11-9-24)38-27-14-1-19(18-28(33)34)17-21(27)15-16-39(36,37)26-12-6-23(31)7-13-26/h1-14,17H,15-16,18H2,(H,32,35)(H,33,34). The molecule has 0 aromatic heterocycles. The molecule has 0 fully saturated rings. The molecule has 200 valence electrons. The molecule has 0 bridgehead atoms. The predicted octanol–water partition coefficient (Wildman–Crippen LogP) is 6.17. The van der Waals surface area contributed by atoms with E-state index in [9.17, 15) is 27.5 Å². The second-order valence-electron chi connectivity index (χ2n) is 8.62. The van der Waals surface area contributed by atoms with Crippen molar-refractivity contribution in [2.24, 2.45) is 0 Å². The van der Waals surface area contributed by atoms with Crippen LogP contribution in [-0.4, -0.2) is 31.2 Å². The highest BCUT2D eigenvalue weighted by atomic mass is 35.5. The number of anilines is 1. The van der Waals surface area contributed by atoms with Gasteiger partial charge >= 0.3 is 5.97 Å². The Bertz CT molecular complexity index is 1590. The molecule has 0 saturated heterocycles. The summed E-state index contributed by atoms with van der Waals surface area (Å²) < 4.78 is 44.8. The Morgan fingerprint density at radius 2 is 1.56 bits per heavy atom. The van der Waals surface area contributed by atoms with E-state index in [-0.39, 0.29) is 29.4 Å². The van der Waals surface area contributed by atoms with Crippen molar-refractivity contribution in [1.82, 2.24) is 0 Å². The van der Waals surface area contributed by atoms with E-state index in [1.165, 1.54) is 12.1 Å². The predicted molar refractivity (Wildman–Crippen MR) is 146 cm³/mol. The molecular weight excluding hydrogens is 545 g/mol. The first kappa shape index (κ1) is 27.8. The van der Waals surface area contributed by atoms with Crippen LogP contribution in [0.3, 0.4) is 0 Å². The normalized spacial score (nSPS) is 11.1. The van der Waals surface area contributed by atoms with Gasteiger partial charge in [0.15, 0.2) is 9.84 Å². The van der Waals surface area contributed by atoms with E-state index in [1.54, 1.807) is 66.7 Å². The molecule has 39 heavy (non-hydrogen) atoms. The Morgan fingerprint density at radius 3 is 2.21 bits per heavy atom. The topological polar surface area (TPSA) is 110 Å². The van der Waals surface area contributed by atoms with Crippen molar-refractivity contribution < 1.29 is 32.2 Å². The third kappa shape index (κ3) is 7.66. The highest BCUT2D eigenvalue weighted by Crippen LogP contribution is 2.29. The van der Waals surface area contributed by atoms with Gasteiger partial charge in [0.05, 0.1) is 17.1 Å². The molecule has 0 aliphatic heterocycles. The maximum atomic E-state index is 13.2. The number of carboxylic acid groups (broad SMARTS) is 1. The Balaban J connectivity index is 1.50. The molecule has 4 aromatic rings. The Kier molecular flexibility index (Phi) is 8.63. The summed E-state index contributed by atoms with van der Waals surface area (Å²) in [6, 6.07) is 22.4. The summed E-state index contributed by atoms with van der Waals surface area (Å²) in [6.07, 6.45) is -0.197. The molecule has 0 aliphatic rings.